The molecule has 1 spiro atoms. The van der Waals surface area contributed by atoms with Crippen LogP contribution in [0.5, 0.6) is 0 Å². The number of imide groups is 1. The van der Waals surface area contributed by atoms with Crippen LogP contribution in [0.4, 0.5) is 19.7 Å². The van der Waals surface area contributed by atoms with Crippen molar-refractivity contribution in [2.45, 2.75) is 50.3 Å². The van der Waals surface area contributed by atoms with Gasteiger partial charge < -0.3 is 20.3 Å². The third-order valence-electron chi connectivity index (χ3n) is 7.42. The number of halogens is 2. The Labute approximate surface area is 217 Å². The molecule has 3 aliphatic rings. The standard InChI is InChI=1S/C26H26ClFN4O5/c1-14-3-8-21(16-4-7-20(28)19(27)12-16)32(14)22(33)13-31-23(34)26(37-25(31)36)10-9-15-11-17(5-6-18(15)26)30-24(35)29-2/h4-7,11-12,14,21H,3,8-10,13H2,1-2H3,(H2,29,30,35). The average molecular weight is 529 g/mol. The number of amides is 5. The van der Waals surface area contributed by atoms with Crippen LogP contribution in [-0.2, 0) is 26.3 Å². The monoisotopic (exact) mass is 528 g/mol. The predicted molar refractivity (Wildman–Crippen MR) is 132 cm³/mol. The van der Waals surface area contributed by atoms with E-state index in [0.717, 1.165) is 10.5 Å². The first-order valence-electron chi connectivity index (χ1n) is 12.1. The predicted octanol–water partition coefficient (Wildman–Crippen LogP) is 4.10. The summed E-state index contributed by atoms with van der Waals surface area (Å²) in [5.41, 5.74) is 1.09. The Morgan fingerprint density at radius 2 is 1.97 bits per heavy atom. The van der Waals surface area contributed by atoms with Crippen LogP contribution in [0.1, 0.15) is 48.9 Å². The summed E-state index contributed by atoms with van der Waals surface area (Å²) < 4.78 is 19.3. The SMILES string of the molecule is CNC(=O)Nc1ccc2c(c1)CCC21OC(=O)N(CC(=O)N2C(C)CCC2c2ccc(F)c(Cl)c2)C1=O. The molecular weight excluding hydrogens is 503 g/mol. The number of hydrogen-bond acceptors (Lipinski definition) is 5. The van der Waals surface area contributed by atoms with E-state index in [1.165, 1.54) is 19.2 Å². The summed E-state index contributed by atoms with van der Waals surface area (Å²) in [6.45, 7) is 1.44. The second kappa shape index (κ2) is 9.33. The van der Waals surface area contributed by atoms with E-state index in [0.29, 0.717) is 36.1 Å². The molecule has 2 fully saturated rings. The van der Waals surface area contributed by atoms with Crippen LogP contribution in [0.2, 0.25) is 5.02 Å². The van der Waals surface area contributed by atoms with Gasteiger partial charge in [0.2, 0.25) is 11.5 Å². The van der Waals surface area contributed by atoms with Gasteiger partial charge in [-0.25, -0.2) is 18.9 Å². The molecule has 2 N–H and O–H groups in total. The number of benzene rings is 2. The van der Waals surface area contributed by atoms with Gasteiger partial charge in [-0.15, -0.1) is 0 Å². The first kappa shape index (κ1) is 25.0. The first-order valence-corrected chi connectivity index (χ1v) is 12.5. The molecule has 11 heteroatoms. The van der Waals surface area contributed by atoms with Gasteiger partial charge in [-0.05, 0) is 61.6 Å². The Hall–Kier alpha value is -3.66. The lowest BCUT2D eigenvalue weighted by molar-refractivity contribution is -0.143. The van der Waals surface area contributed by atoms with Crippen LogP contribution in [0.3, 0.4) is 0 Å². The molecule has 37 heavy (non-hydrogen) atoms. The molecule has 0 bridgehead atoms. The van der Waals surface area contributed by atoms with Crippen molar-refractivity contribution in [1.29, 1.82) is 0 Å². The summed E-state index contributed by atoms with van der Waals surface area (Å²) in [6, 6.07) is 8.56. The third-order valence-corrected chi connectivity index (χ3v) is 7.71. The number of anilines is 1. The number of aryl methyl sites for hydroxylation is 1. The second-order valence-corrected chi connectivity index (χ2v) is 9.99. The Morgan fingerprint density at radius 3 is 2.70 bits per heavy atom. The zero-order chi connectivity index (χ0) is 26.5. The van der Waals surface area contributed by atoms with Gasteiger partial charge in [0.1, 0.15) is 12.4 Å². The molecule has 2 saturated heterocycles. The fourth-order valence-corrected chi connectivity index (χ4v) is 5.78. The fourth-order valence-electron chi connectivity index (χ4n) is 5.59. The van der Waals surface area contributed by atoms with Crippen LogP contribution in [-0.4, -0.2) is 53.4 Å². The zero-order valence-corrected chi connectivity index (χ0v) is 21.1. The van der Waals surface area contributed by atoms with E-state index < -0.39 is 35.9 Å². The molecule has 3 atom stereocenters. The van der Waals surface area contributed by atoms with Gasteiger partial charge in [-0.3, -0.25) is 9.59 Å². The summed E-state index contributed by atoms with van der Waals surface area (Å²) in [5.74, 6) is -1.52. The highest BCUT2D eigenvalue weighted by Crippen LogP contribution is 2.46. The Morgan fingerprint density at radius 1 is 1.19 bits per heavy atom. The highest BCUT2D eigenvalue weighted by molar-refractivity contribution is 6.30. The Bertz CT molecular complexity index is 1320. The molecule has 0 saturated carbocycles. The Kier molecular flexibility index (Phi) is 6.31. The minimum absolute atomic E-state index is 0.0294. The summed E-state index contributed by atoms with van der Waals surface area (Å²) >= 11 is 5.97. The van der Waals surface area contributed by atoms with E-state index >= 15 is 0 Å². The van der Waals surface area contributed by atoms with Crippen molar-refractivity contribution in [3.05, 3.63) is 63.9 Å². The van der Waals surface area contributed by atoms with E-state index in [9.17, 15) is 23.6 Å². The first-order chi connectivity index (χ1) is 17.6. The maximum Gasteiger partial charge on any atom is 0.418 e. The van der Waals surface area contributed by atoms with Gasteiger partial charge >= 0.3 is 12.1 Å². The molecule has 9 nitrogen and oxygen atoms in total. The van der Waals surface area contributed by atoms with E-state index in [-0.39, 0.29) is 29.6 Å². The zero-order valence-electron chi connectivity index (χ0n) is 20.3. The number of likely N-dealkylation sites (tertiary alicyclic amines) is 1. The number of fused-ring (bicyclic) bond motifs is 2. The van der Waals surface area contributed by atoms with Gasteiger partial charge in [0.15, 0.2) is 0 Å². The summed E-state index contributed by atoms with van der Waals surface area (Å²) in [4.78, 5) is 54.0. The normalized spacial score (nSPS) is 24.4. The van der Waals surface area contributed by atoms with Crippen LogP contribution in [0.15, 0.2) is 36.4 Å². The number of nitrogens with zero attached hydrogens (tertiary/aromatic N) is 2. The van der Waals surface area contributed by atoms with Crippen molar-refractivity contribution < 1.29 is 28.3 Å². The van der Waals surface area contributed by atoms with Crippen molar-refractivity contribution >= 4 is 41.2 Å². The molecule has 5 amide bonds. The largest absolute Gasteiger partial charge is 0.427 e. The fraction of sp³-hybridized carbons (Fsp3) is 0.385. The van der Waals surface area contributed by atoms with E-state index in [1.54, 1.807) is 29.2 Å². The maximum atomic E-state index is 13.7. The summed E-state index contributed by atoms with van der Waals surface area (Å²) in [7, 11) is 1.50. The van der Waals surface area contributed by atoms with Gasteiger partial charge in [0.25, 0.3) is 5.91 Å². The van der Waals surface area contributed by atoms with Gasteiger partial charge in [-0.2, -0.15) is 0 Å². The van der Waals surface area contributed by atoms with Crippen molar-refractivity contribution in [3.63, 3.8) is 0 Å². The van der Waals surface area contributed by atoms with Gasteiger partial charge in [0, 0.05) is 30.8 Å². The minimum atomic E-state index is -1.49. The van der Waals surface area contributed by atoms with Crippen LogP contribution in [0, 0.1) is 5.82 Å². The summed E-state index contributed by atoms with van der Waals surface area (Å²) in [5, 5.41) is 5.12. The smallest absolute Gasteiger partial charge is 0.418 e. The van der Waals surface area contributed by atoms with Crippen LogP contribution < -0.4 is 10.6 Å². The molecule has 0 radical (unpaired) electrons. The quantitative estimate of drug-likeness (QED) is 0.621. The lowest BCUT2D eigenvalue weighted by Gasteiger charge is -2.30. The second-order valence-electron chi connectivity index (χ2n) is 9.58. The molecular formula is C26H26ClFN4O5. The molecule has 2 aliphatic heterocycles. The molecule has 2 heterocycles. The number of carbonyl (C=O) groups excluding carboxylic acids is 4. The molecule has 2 aromatic rings. The maximum absolute atomic E-state index is 13.7. The van der Waals surface area contributed by atoms with Crippen molar-refractivity contribution in [3.8, 4) is 0 Å². The van der Waals surface area contributed by atoms with E-state index in [2.05, 4.69) is 10.6 Å². The number of rotatable bonds is 4. The lowest BCUT2D eigenvalue weighted by atomic mass is 9.94. The van der Waals surface area contributed by atoms with Gasteiger partial charge in [-0.1, -0.05) is 23.7 Å². The number of nitrogens with one attached hydrogen (secondary N) is 2. The van der Waals surface area contributed by atoms with Crippen molar-refractivity contribution in [2.24, 2.45) is 0 Å². The Balaban J connectivity index is 1.36. The van der Waals surface area contributed by atoms with E-state index in [1.807, 2.05) is 6.92 Å². The molecule has 2 aromatic carbocycles. The highest BCUT2D eigenvalue weighted by atomic mass is 35.5. The van der Waals surface area contributed by atoms with Crippen LogP contribution in [0.25, 0.3) is 0 Å². The third kappa shape index (κ3) is 4.19. The average Bonchev–Trinajstić information content (AvgIpc) is 3.51. The number of hydrogen-bond donors (Lipinski definition) is 2. The minimum Gasteiger partial charge on any atom is -0.427 e. The lowest BCUT2D eigenvalue weighted by Crippen LogP contribution is -2.46. The highest BCUT2D eigenvalue weighted by Gasteiger charge is 2.58. The topological polar surface area (TPSA) is 108 Å². The van der Waals surface area contributed by atoms with Crippen molar-refractivity contribution in [1.82, 2.24) is 15.1 Å². The molecule has 5 rings (SSSR count). The van der Waals surface area contributed by atoms with E-state index in [4.69, 9.17) is 16.3 Å². The van der Waals surface area contributed by atoms with Gasteiger partial charge in [0.05, 0.1) is 11.1 Å². The number of ether oxygens (including phenoxy) is 1. The number of carbonyl (C=O) groups is 4. The molecule has 1 aliphatic carbocycles. The number of urea groups is 1. The van der Waals surface area contributed by atoms with Crippen LogP contribution >= 0.6 is 11.6 Å². The summed E-state index contributed by atoms with van der Waals surface area (Å²) in [6.07, 6.45) is 1.21. The molecule has 3 unspecified atom stereocenters. The molecule has 0 aromatic heterocycles. The molecule has 194 valence electrons. The van der Waals surface area contributed by atoms with Crippen molar-refractivity contribution in [2.75, 3.05) is 18.9 Å².